The second kappa shape index (κ2) is 7.05. The van der Waals surface area contributed by atoms with Crippen molar-refractivity contribution < 1.29 is 9.53 Å². The third-order valence-corrected chi connectivity index (χ3v) is 4.72. The molecule has 1 unspecified atom stereocenters. The van der Waals surface area contributed by atoms with Gasteiger partial charge in [0.2, 0.25) is 0 Å². The second-order valence-corrected chi connectivity index (χ2v) is 6.35. The standard InChI is InChI=1S/C20H24N2O2/c1-14(16-7-8-16)22(18-9-11-19(24-2)12-10-18)20(23)17-5-3-15(13-21)4-6-17/h3-6,9-12,14,16H,7-8,13,21H2,1-2H3. The monoisotopic (exact) mass is 324 g/mol. The van der Waals surface area contributed by atoms with Crippen LogP contribution in [0.4, 0.5) is 5.69 Å². The van der Waals surface area contributed by atoms with Gasteiger partial charge >= 0.3 is 0 Å². The summed E-state index contributed by atoms with van der Waals surface area (Å²) in [5.74, 6) is 1.40. The number of nitrogens with two attached hydrogens (primary N) is 1. The van der Waals surface area contributed by atoms with E-state index >= 15 is 0 Å². The fraction of sp³-hybridized carbons (Fsp3) is 0.350. The number of amides is 1. The number of anilines is 1. The topological polar surface area (TPSA) is 55.6 Å². The summed E-state index contributed by atoms with van der Waals surface area (Å²) >= 11 is 0. The molecule has 0 bridgehead atoms. The molecule has 0 spiro atoms. The number of hydrogen-bond donors (Lipinski definition) is 1. The SMILES string of the molecule is COc1ccc(N(C(=O)c2ccc(CN)cc2)C(C)C2CC2)cc1. The Morgan fingerprint density at radius 2 is 1.79 bits per heavy atom. The van der Waals surface area contributed by atoms with Crippen LogP contribution in [0.2, 0.25) is 0 Å². The first-order valence-electron chi connectivity index (χ1n) is 8.40. The Morgan fingerprint density at radius 1 is 1.17 bits per heavy atom. The highest BCUT2D eigenvalue weighted by molar-refractivity contribution is 6.06. The molecule has 0 radical (unpaired) electrons. The third kappa shape index (κ3) is 3.44. The quantitative estimate of drug-likeness (QED) is 0.883. The molecule has 3 rings (SSSR count). The fourth-order valence-corrected chi connectivity index (χ4v) is 2.99. The number of ether oxygens (including phenoxy) is 1. The summed E-state index contributed by atoms with van der Waals surface area (Å²) in [6.45, 7) is 2.61. The first kappa shape index (κ1) is 16.5. The molecule has 0 saturated heterocycles. The first-order valence-corrected chi connectivity index (χ1v) is 8.40. The Kier molecular flexibility index (Phi) is 4.86. The van der Waals surface area contributed by atoms with Gasteiger partial charge in [-0.15, -0.1) is 0 Å². The van der Waals surface area contributed by atoms with Crippen molar-refractivity contribution in [2.75, 3.05) is 12.0 Å². The van der Waals surface area contributed by atoms with Crippen LogP contribution in [-0.2, 0) is 6.54 Å². The highest BCUT2D eigenvalue weighted by Gasteiger charge is 2.35. The van der Waals surface area contributed by atoms with Crippen LogP contribution in [0.1, 0.15) is 35.7 Å². The maximum Gasteiger partial charge on any atom is 0.258 e. The minimum Gasteiger partial charge on any atom is -0.497 e. The van der Waals surface area contributed by atoms with Crippen molar-refractivity contribution in [2.24, 2.45) is 11.7 Å². The molecule has 1 aliphatic rings. The van der Waals surface area contributed by atoms with E-state index in [1.807, 2.05) is 53.4 Å². The molecule has 24 heavy (non-hydrogen) atoms. The molecule has 2 N–H and O–H groups in total. The number of hydrogen-bond acceptors (Lipinski definition) is 3. The lowest BCUT2D eigenvalue weighted by atomic mass is 10.1. The van der Waals surface area contributed by atoms with Gasteiger partial charge in [-0.1, -0.05) is 12.1 Å². The summed E-state index contributed by atoms with van der Waals surface area (Å²) in [7, 11) is 1.64. The van der Waals surface area contributed by atoms with Gasteiger partial charge in [-0.3, -0.25) is 4.79 Å². The van der Waals surface area contributed by atoms with Crippen LogP contribution in [0, 0.1) is 5.92 Å². The van der Waals surface area contributed by atoms with Crippen LogP contribution in [-0.4, -0.2) is 19.1 Å². The van der Waals surface area contributed by atoms with Crippen LogP contribution in [0.15, 0.2) is 48.5 Å². The molecule has 1 atom stereocenters. The Morgan fingerprint density at radius 3 is 2.29 bits per heavy atom. The predicted octanol–water partition coefficient (Wildman–Crippen LogP) is 3.60. The molecule has 2 aromatic carbocycles. The Hall–Kier alpha value is -2.33. The summed E-state index contributed by atoms with van der Waals surface area (Å²) in [6, 6.07) is 15.4. The van der Waals surface area contributed by atoms with Gasteiger partial charge < -0.3 is 15.4 Å². The van der Waals surface area contributed by atoms with Crippen LogP contribution >= 0.6 is 0 Å². The zero-order valence-corrected chi connectivity index (χ0v) is 14.2. The van der Waals surface area contributed by atoms with Gasteiger partial charge in [0.1, 0.15) is 5.75 Å². The zero-order valence-electron chi connectivity index (χ0n) is 14.2. The molecular formula is C20H24N2O2. The summed E-state index contributed by atoms with van der Waals surface area (Å²) in [6.07, 6.45) is 2.38. The maximum absolute atomic E-state index is 13.1. The van der Waals surface area contributed by atoms with Gasteiger partial charge in [0.05, 0.1) is 7.11 Å². The Balaban J connectivity index is 1.91. The summed E-state index contributed by atoms with van der Waals surface area (Å²) in [4.78, 5) is 15.0. The van der Waals surface area contributed by atoms with Gasteiger partial charge in [0, 0.05) is 23.8 Å². The third-order valence-electron chi connectivity index (χ3n) is 4.72. The molecule has 0 aromatic heterocycles. The van der Waals surface area contributed by atoms with Gasteiger partial charge in [-0.2, -0.15) is 0 Å². The van der Waals surface area contributed by atoms with Crippen LogP contribution in [0.3, 0.4) is 0 Å². The number of methoxy groups -OCH3 is 1. The summed E-state index contributed by atoms with van der Waals surface area (Å²) < 4.78 is 5.22. The van der Waals surface area contributed by atoms with Crippen molar-refractivity contribution in [3.8, 4) is 5.75 Å². The van der Waals surface area contributed by atoms with E-state index in [9.17, 15) is 4.79 Å². The van der Waals surface area contributed by atoms with Crippen molar-refractivity contribution in [1.29, 1.82) is 0 Å². The van der Waals surface area contributed by atoms with E-state index in [1.165, 1.54) is 12.8 Å². The van der Waals surface area contributed by atoms with Gasteiger partial charge in [-0.25, -0.2) is 0 Å². The minimum atomic E-state index is 0.0307. The molecule has 4 heteroatoms. The smallest absolute Gasteiger partial charge is 0.258 e. The lowest BCUT2D eigenvalue weighted by Gasteiger charge is -2.30. The van der Waals surface area contributed by atoms with Crippen molar-refractivity contribution >= 4 is 11.6 Å². The largest absolute Gasteiger partial charge is 0.497 e. The molecule has 126 valence electrons. The van der Waals surface area contributed by atoms with E-state index in [1.54, 1.807) is 7.11 Å². The molecular weight excluding hydrogens is 300 g/mol. The van der Waals surface area contributed by atoms with Crippen LogP contribution in [0.25, 0.3) is 0 Å². The molecule has 1 saturated carbocycles. The molecule has 4 nitrogen and oxygen atoms in total. The number of carbonyl (C=O) groups excluding carboxylic acids is 1. The predicted molar refractivity (Wildman–Crippen MR) is 96.3 cm³/mol. The van der Waals surface area contributed by atoms with Crippen molar-refractivity contribution in [3.63, 3.8) is 0 Å². The molecule has 0 heterocycles. The summed E-state index contributed by atoms with van der Waals surface area (Å²) in [5, 5.41) is 0. The normalized spacial score (nSPS) is 15.0. The maximum atomic E-state index is 13.1. The molecule has 0 aliphatic heterocycles. The highest BCUT2D eigenvalue weighted by Crippen LogP contribution is 2.37. The molecule has 1 fully saturated rings. The van der Waals surface area contributed by atoms with Gasteiger partial charge in [0.25, 0.3) is 5.91 Å². The highest BCUT2D eigenvalue weighted by atomic mass is 16.5. The lowest BCUT2D eigenvalue weighted by molar-refractivity contribution is 0.0975. The van der Waals surface area contributed by atoms with E-state index in [4.69, 9.17) is 10.5 Å². The number of carbonyl (C=O) groups is 1. The Bertz CT molecular complexity index is 691. The van der Waals surface area contributed by atoms with Crippen molar-refractivity contribution in [1.82, 2.24) is 0 Å². The van der Waals surface area contributed by atoms with Gasteiger partial charge in [0.15, 0.2) is 0 Å². The van der Waals surface area contributed by atoms with E-state index in [2.05, 4.69) is 6.92 Å². The number of rotatable bonds is 6. The Labute approximate surface area is 143 Å². The summed E-state index contributed by atoms with van der Waals surface area (Å²) in [5.41, 5.74) is 8.26. The van der Waals surface area contributed by atoms with E-state index < -0.39 is 0 Å². The second-order valence-electron chi connectivity index (χ2n) is 6.35. The van der Waals surface area contributed by atoms with Crippen LogP contribution in [0.5, 0.6) is 5.75 Å². The first-order chi connectivity index (χ1) is 11.6. The average Bonchev–Trinajstić information content (AvgIpc) is 3.47. The van der Waals surface area contributed by atoms with E-state index in [-0.39, 0.29) is 11.9 Å². The van der Waals surface area contributed by atoms with Crippen LogP contribution < -0.4 is 15.4 Å². The van der Waals surface area contributed by atoms with E-state index in [0.717, 1.165) is 17.0 Å². The fourth-order valence-electron chi connectivity index (χ4n) is 2.99. The molecule has 1 amide bonds. The number of nitrogens with zero attached hydrogens (tertiary/aromatic N) is 1. The van der Waals surface area contributed by atoms with Crippen molar-refractivity contribution in [2.45, 2.75) is 32.4 Å². The minimum absolute atomic E-state index is 0.0307. The number of benzene rings is 2. The van der Waals surface area contributed by atoms with E-state index in [0.29, 0.717) is 18.0 Å². The average molecular weight is 324 g/mol. The molecule has 1 aliphatic carbocycles. The molecule has 2 aromatic rings. The van der Waals surface area contributed by atoms with Gasteiger partial charge in [-0.05, 0) is 67.6 Å². The lowest BCUT2D eigenvalue weighted by Crippen LogP contribution is -2.40. The van der Waals surface area contributed by atoms with Crippen molar-refractivity contribution in [3.05, 3.63) is 59.7 Å². The zero-order chi connectivity index (χ0) is 17.1.